The first-order valence-electron chi connectivity index (χ1n) is 14.6. The third kappa shape index (κ3) is 12.0. The fourth-order valence-corrected chi connectivity index (χ4v) is 7.32. The summed E-state index contributed by atoms with van der Waals surface area (Å²) < 4.78 is 0. The summed E-state index contributed by atoms with van der Waals surface area (Å²) in [6, 6.07) is 17.4. The number of rotatable bonds is 7. The fourth-order valence-electron chi connectivity index (χ4n) is 4.61. The Kier molecular flexibility index (Phi) is 14.7. The third-order valence-electron chi connectivity index (χ3n) is 6.89. The van der Waals surface area contributed by atoms with Gasteiger partial charge in [0.15, 0.2) is 0 Å². The van der Waals surface area contributed by atoms with Gasteiger partial charge in [-0.25, -0.2) is 19.9 Å². The molecule has 0 atom stereocenters. The Hall–Kier alpha value is -3.27. The number of piperidine rings is 2. The van der Waals surface area contributed by atoms with Gasteiger partial charge in [-0.15, -0.1) is 23.5 Å². The molecule has 0 aromatic carbocycles. The standard InChI is InChI=1S/C15H15ClN4O2S.C10H14N2S.C5H2Cl2N2O2/c16-13-5-4-12(20(21)22)15(18-13)19-9-6-11(7-10-19)23-14-3-1-2-8-17-14;1-2-6-12-10(3-1)13-9-4-7-11-8-5-9;6-4-2-1-3(9(10)11)5(7)8-4/h1-5,8,11H,6-7,9-10H2;1-3,6,9,11H,4-5,7-8H2;1-2H. The van der Waals surface area contributed by atoms with Crippen LogP contribution in [0.1, 0.15) is 25.7 Å². The van der Waals surface area contributed by atoms with Crippen LogP contribution in [0.5, 0.6) is 0 Å². The number of thioether (sulfide) groups is 2. The monoisotopic (exact) mass is 736 g/mol. The highest BCUT2D eigenvalue weighted by Gasteiger charge is 2.27. The molecule has 2 saturated heterocycles. The largest absolute Gasteiger partial charge is 0.351 e. The van der Waals surface area contributed by atoms with Crippen LogP contribution in [0.3, 0.4) is 0 Å². The van der Waals surface area contributed by atoms with Crippen molar-refractivity contribution in [2.45, 2.75) is 46.2 Å². The molecule has 0 unspecified atom stereocenters. The highest BCUT2D eigenvalue weighted by molar-refractivity contribution is 8.00. The predicted octanol–water partition coefficient (Wildman–Crippen LogP) is 8.02. The van der Waals surface area contributed by atoms with Gasteiger partial charge in [0.25, 0.3) is 0 Å². The highest BCUT2D eigenvalue weighted by Crippen LogP contribution is 2.34. The van der Waals surface area contributed by atoms with Gasteiger partial charge in [0.1, 0.15) is 10.3 Å². The van der Waals surface area contributed by atoms with E-state index in [1.165, 1.54) is 37.1 Å². The summed E-state index contributed by atoms with van der Waals surface area (Å²) in [5, 5.41) is 28.3. The van der Waals surface area contributed by atoms with E-state index in [2.05, 4.69) is 37.4 Å². The molecule has 47 heavy (non-hydrogen) atoms. The van der Waals surface area contributed by atoms with Gasteiger partial charge in [-0.1, -0.05) is 46.9 Å². The number of anilines is 1. The molecule has 0 radical (unpaired) electrons. The molecule has 0 bridgehead atoms. The van der Waals surface area contributed by atoms with Gasteiger partial charge in [-0.3, -0.25) is 20.2 Å². The van der Waals surface area contributed by atoms with Crippen molar-refractivity contribution in [2.75, 3.05) is 31.1 Å². The summed E-state index contributed by atoms with van der Waals surface area (Å²) in [6.07, 6.45) is 8.03. The predicted molar refractivity (Wildman–Crippen MR) is 188 cm³/mol. The van der Waals surface area contributed by atoms with Crippen LogP contribution in [0, 0.1) is 20.2 Å². The van der Waals surface area contributed by atoms with E-state index in [0.29, 0.717) is 11.1 Å². The van der Waals surface area contributed by atoms with Crippen molar-refractivity contribution in [2.24, 2.45) is 0 Å². The fraction of sp³-hybridized carbons (Fsp3) is 0.333. The topological polar surface area (TPSA) is 153 Å². The summed E-state index contributed by atoms with van der Waals surface area (Å²) in [6.45, 7) is 3.76. The number of nitrogens with zero attached hydrogens (tertiary/aromatic N) is 7. The maximum absolute atomic E-state index is 11.2. The van der Waals surface area contributed by atoms with Crippen LogP contribution in [0.15, 0.2) is 83.1 Å². The number of hydrogen-bond acceptors (Lipinski definition) is 12. The maximum Gasteiger partial charge on any atom is 0.311 e. The van der Waals surface area contributed by atoms with Crippen molar-refractivity contribution >= 4 is 75.5 Å². The molecule has 0 spiro atoms. The van der Waals surface area contributed by atoms with Gasteiger partial charge in [0, 0.05) is 48.1 Å². The van der Waals surface area contributed by atoms with Crippen LogP contribution < -0.4 is 10.2 Å². The summed E-state index contributed by atoms with van der Waals surface area (Å²) in [4.78, 5) is 38.5. The average molecular weight is 738 g/mol. The number of nitro groups is 2. The quantitative estimate of drug-likeness (QED) is 0.111. The first kappa shape index (κ1) is 36.6. The lowest BCUT2D eigenvalue weighted by Gasteiger charge is -2.32. The summed E-state index contributed by atoms with van der Waals surface area (Å²) in [7, 11) is 0. The number of hydrogen-bond donors (Lipinski definition) is 1. The molecule has 0 saturated carbocycles. The lowest BCUT2D eigenvalue weighted by Crippen LogP contribution is -2.35. The van der Waals surface area contributed by atoms with Crippen LogP contribution in [0.4, 0.5) is 17.2 Å². The number of halogens is 3. The van der Waals surface area contributed by atoms with Crippen LogP contribution in [-0.2, 0) is 0 Å². The van der Waals surface area contributed by atoms with E-state index < -0.39 is 9.85 Å². The van der Waals surface area contributed by atoms with Crippen molar-refractivity contribution < 1.29 is 9.85 Å². The van der Waals surface area contributed by atoms with Crippen LogP contribution >= 0.6 is 58.3 Å². The molecule has 17 heteroatoms. The average Bonchev–Trinajstić information content (AvgIpc) is 3.07. The smallest absolute Gasteiger partial charge is 0.311 e. The minimum absolute atomic E-state index is 0.00484. The maximum atomic E-state index is 11.2. The van der Waals surface area contributed by atoms with Gasteiger partial charge in [0.05, 0.1) is 19.9 Å². The molecule has 2 aliphatic heterocycles. The van der Waals surface area contributed by atoms with Crippen molar-refractivity contribution in [1.29, 1.82) is 0 Å². The second kappa shape index (κ2) is 18.9. The van der Waals surface area contributed by atoms with E-state index in [9.17, 15) is 20.2 Å². The molecule has 0 aliphatic carbocycles. The number of pyridine rings is 4. The Bertz CT molecular complexity index is 1600. The van der Waals surface area contributed by atoms with Crippen LogP contribution in [-0.4, -0.2) is 66.5 Å². The summed E-state index contributed by atoms with van der Waals surface area (Å²) in [5.74, 6) is 0.365. The summed E-state index contributed by atoms with van der Waals surface area (Å²) in [5.41, 5.74) is -0.235. The van der Waals surface area contributed by atoms with Gasteiger partial charge in [0.2, 0.25) is 11.0 Å². The van der Waals surface area contributed by atoms with Crippen molar-refractivity contribution in [1.82, 2.24) is 25.3 Å². The molecule has 6 heterocycles. The van der Waals surface area contributed by atoms with E-state index >= 15 is 0 Å². The summed E-state index contributed by atoms with van der Waals surface area (Å²) >= 11 is 20.4. The Labute approximate surface area is 295 Å². The van der Waals surface area contributed by atoms with Crippen molar-refractivity contribution in [3.63, 3.8) is 0 Å². The molecule has 6 rings (SSSR count). The molecule has 1 N–H and O–H groups in total. The van der Waals surface area contributed by atoms with E-state index in [4.69, 9.17) is 34.8 Å². The minimum atomic E-state index is -0.619. The normalized spacial score (nSPS) is 15.1. The first-order chi connectivity index (χ1) is 22.7. The first-order valence-corrected chi connectivity index (χ1v) is 17.5. The van der Waals surface area contributed by atoms with Crippen LogP contribution in [0.25, 0.3) is 0 Å². The Morgan fingerprint density at radius 3 is 1.70 bits per heavy atom. The van der Waals surface area contributed by atoms with E-state index in [1.54, 1.807) is 18.0 Å². The number of nitrogens with one attached hydrogen (secondary N) is 1. The lowest BCUT2D eigenvalue weighted by atomic mass is 10.1. The van der Waals surface area contributed by atoms with E-state index in [1.807, 2.05) is 47.1 Å². The Balaban J connectivity index is 0.000000176. The second-order valence-electron chi connectivity index (χ2n) is 10.1. The van der Waals surface area contributed by atoms with E-state index in [0.717, 1.165) is 54.3 Å². The van der Waals surface area contributed by atoms with Gasteiger partial charge in [-0.2, -0.15) is 0 Å². The lowest BCUT2D eigenvalue weighted by molar-refractivity contribution is -0.385. The zero-order chi connectivity index (χ0) is 33.6. The molecule has 2 fully saturated rings. The van der Waals surface area contributed by atoms with Gasteiger partial charge in [-0.05, 0) is 75.2 Å². The minimum Gasteiger partial charge on any atom is -0.351 e. The van der Waals surface area contributed by atoms with Crippen molar-refractivity contribution in [3.05, 3.63) is 109 Å². The Morgan fingerprint density at radius 2 is 1.21 bits per heavy atom. The SMILES string of the molecule is O=[N+]([O-])c1ccc(Cl)nc1Cl.O=[N+]([O-])c1ccc(Cl)nc1N1CCC(Sc2ccccn2)CC1.c1ccc(SC2CCNCC2)nc1. The molecular formula is C30H31Cl3N8O4S2. The number of aromatic nitrogens is 4. The molecule has 4 aromatic rings. The molecule has 0 amide bonds. The molecule has 12 nitrogen and oxygen atoms in total. The van der Waals surface area contributed by atoms with Crippen LogP contribution in [0.2, 0.25) is 15.5 Å². The zero-order valence-electron chi connectivity index (χ0n) is 25.0. The Morgan fingerprint density at radius 1 is 0.702 bits per heavy atom. The van der Waals surface area contributed by atoms with Crippen molar-refractivity contribution in [3.8, 4) is 0 Å². The van der Waals surface area contributed by atoms with E-state index in [-0.39, 0.29) is 26.8 Å². The zero-order valence-corrected chi connectivity index (χ0v) is 28.9. The second-order valence-corrected chi connectivity index (χ2v) is 13.9. The highest BCUT2D eigenvalue weighted by atomic mass is 35.5. The molecule has 2 aliphatic rings. The third-order valence-corrected chi connectivity index (χ3v) is 10.2. The molecular weight excluding hydrogens is 707 g/mol. The van der Waals surface area contributed by atoms with Gasteiger partial charge >= 0.3 is 11.4 Å². The van der Waals surface area contributed by atoms with Gasteiger partial charge < -0.3 is 10.2 Å². The molecule has 4 aromatic heterocycles. The molecule has 248 valence electrons.